The molecule has 3 saturated heterocycles. The van der Waals surface area contributed by atoms with Gasteiger partial charge in [0.05, 0.1) is 5.92 Å². The van der Waals surface area contributed by atoms with Crippen LogP contribution in [0.25, 0.3) is 0 Å². The molecule has 0 aromatic heterocycles. The number of piperidine rings is 1. The highest BCUT2D eigenvalue weighted by Crippen LogP contribution is 2.44. The van der Waals surface area contributed by atoms with Gasteiger partial charge in [-0.15, -0.1) is 0 Å². The van der Waals surface area contributed by atoms with Crippen LogP contribution in [0, 0.1) is 18.8 Å². The molecule has 35 heavy (non-hydrogen) atoms. The van der Waals surface area contributed by atoms with Gasteiger partial charge in [-0.2, -0.15) is 13.2 Å². The first-order valence-electron chi connectivity index (χ1n) is 12.1. The number of carbonyl (C=O) groups excluding carboxylic acids is 2. The SMILES string of the molecule is CCCC(C)N1C[C@H]2C(=O)NC3(CCN(C(=O)c4cccc(C)c4)CC3)[C@H]2C1.O=C(O)C(F)(F)F. The largest absolute Gasteiger partial charge is 0.490 e. The van der Waals surface area contributed by atoms with Crippen LogP contribution < -0.4 is 5.32 Å². The predicted octanol–water partition coefficient (Wildman–Crippen LogP) is 3.47. The van der Waals surface area contributed by atoms with Crippen molar-refractivity contribution in [3.05, 3.63) is 35.4 Å². The van der Waals surface area contributed by atoms with Crippen molar-refractivity contribution in [2.45, 2.75) is 64.2 Å². The standard InChI is InChI=1S/C23H33N3O2.C2HF3O2/c1-4-6-17(3)26-14-19-20(15-26)23(24-21(19)27)9-11-25(12-10-23)22(28)18-8-5-7-16(2)13-18;3-2(4,5)1(6)7/h5,7-8,13,17,19-20H,4,6,9-12,14-15H2,1-3H3,(H,24,27);(H,6,7)/t17?,19-,20+;/m1./s1. The lowest BCUT2D eigenvalue weighted by molar-refractivity contribution is -0.192. The van der Waals surface area contributed by atoms with Crippen molar-refractivity contribution in [2.75, 3.05) is 26.2 Å². The minimum atomic E-state index is -5.08. The summed E-state index contributed by atoms with van der Waals surface area (Å²) in [5.74, 6) is -1.90. The number of rotatable bonds is 4. The first-order chi connectivity index (χ1) is 16.4. The predicted molar refractivity (Wildman–Crippen MR) is 124 cm³/mol. The van der Waals surface area contributed by atoms with Crippen molar-refractivity contribution >= 4 is 17.8 Å². The molecule has 4 rings (SSSR count). The fourth-order valence-electron chi connectivity index (χ4n) is 5.62. The zero-order valence-corrected chi connectivity index (χ0v) is 20.4. The van der Waals surface area contributed by atoms with Crippen LogP contribution in [0.5, 0.6) is 0 Å². The Balaban J connectivity index is 0.000000429. The molecule has 194 valence electrons. The van der Waals surface area contributed by atoms with Gasteiger partial charge in [-0.1, -0.05) is 31.0 Å². The van der Waals surface area contributed by atoms with E-state index in [1.165, 1.54) is 12.8 Å². The van der Waals surface area contributed by atoms with Gasteiger partial charge in [0.2, 0.25) is 5.91 Å². The van der Waals surface area contributed by atoms with Crippen LogP contribution in [0.3, 0.4) is 0 Å². The summed E-state index contributed by atoms with van der Waals surface area (Å²) in [6, 6.07) is 8.37. The van der Waals surface area contributed by atoms with E-state index in [1.807, 2.05) is 36.1 Å². The molecule has 10 heteroatoms. The average molecular weight is 498 g/mol. The molecule has 7 nitrogen and oxygen atoms in total. The number of hydrogen-bond acceptors (Lipinski definition) is 4. The number of alkyl halides is 3. The van der Waals surface area contributed by atoms with Crippen LogP contribution in [-0.2, 0) is 9.59 Å². The van der Waals surface area contributed by atoms with Crippen molar-refractivity contribution in [3.63, 3.8) is 0 Å². The summed E-state index contributed by atoms with van der Waals surface area (Å²) < 4.78 is 31.7. The summed E-state index contributed by atoms with van der Waals surface area (Å²) in [7, 11) is 0. The van der Waals surface area contributed by atoms with Crippen molar-refractivity contribution in [1.29, 1.82) is 0 Å². The minimum absolute atomic E-state index is 0.115. The molecule has 0 aliphatic carbocycles. The monoisotopic (exact) mass is 497 g/mol. The molecule has 3 aliphatic heterocycles. The molecule has 2 amide bonds. The Bertz CT molecular complexity index is 944. The van der Waals surface area contributed by atoms with Crippen molar-refractivity contribution in [2.24, 2.45) is 11.8 Å². The quantitative estimate of drug-likeness (QED) is 0.665. The summed E-state index contributed by atoms with van der Waals surface area (Å²) >= 11 is 0. The van der Waals surface area contributed by atoms with Gasteiger partial charge in [0.25, 0.3) is 5.91 Å². The van der Waals surface area contributed by atoms with Gasteiger partial charge in [-0.05, 0) is 45.2 Å². The lowest BCUT2D eigenvalue weighted by atomic mass is 9.75. The Kier molecular flexibility index (Phi) is 8.14. The maximum Gasteiger partial charge on any atom is 0.490 e. The number of halogens is 3. The molecule has 2 N–H and O–H groups in total. The number of nitrogens with zero attached hydrogens (tertiary/aromatic N) is 2. The lowest BCUT2D eigenvalue weighted by Gasteiger charge is -2.43. The van der Waals surface area contributed by atoms with E-state index in [1.54, 1.807) is 0 Å². The second-order valence-corrected chi connectivity index (χ2v) is 9.91. The molecule has 0 saturated carbocycles. The molecule has 0 bridgehead atoms. The molecule has 3 heterocycles. The Hall–Kier alpha value is -2.62. The Morgan fingerprint density at radius 2 is 1.86 bits per heavy atom. The number of carboxylic acid groups (broad SMARTS) is 1. The molecular weight excluding hydrogens is 463 g/mol. The van der Waals surface area contributed by atoms with E-state index in [0.29, 0.717) is 12.0 Å². The van der Waals surface area contributed by atoms with E-state index >= 15 is 0 Å². The lowest BCUT2D eigenvalue weighted by Crippen LogP contribution is -2.56. The maximum absolute atomic E-state index is 12.9. The fraction of sp³-hybridized carbons (Fsp3) is 0.640. The number of aryl methyl sites for hydroxylation is 1. The third-order valence-corrected chi connectivity index (χ3v) is 7.55. The number of benzene rings is 1. The van der Waals surface area contributed by atoms with E-state index in [9.17, 15) is 22.8 Å². The highest BCUT2D eigenvalue weighted by Gasteiger charge is 2.57. The normalized spacial score (nSPS) is 24.4. The summed E-state index contributed by atoms with van der Waals surface area (Å²) in [6.07, 6.45) is -0.978. The first kappa shape index (κ1) is 27.0. The van der Waals surface area contributed by atoms with E-state index in [4.69, 9.17) is 9.90 Å². The zero-order chi connectivity index (χ0) is 26.0. The molecule has 3 fully saturated rings. The van der Waals surface area contributed by atoms with E-state index < -0.39 is 12.1 Å². The molecule has 1 spiro atoms. The Labute approximate surface area is 203 Å². The van der Waals surface area contributed by atoms with Gasteiger partial charge in [-0.25, -0.2) is 4.79 Å². The number of carbonyl (C=O) groups is 3. The number of carboxylic acids is 1. The van der Waals surface area contributed by atoms with Crippen LogP contribution >= 0.6 is 0 Å². The average Bonchev–Trinajstić information content (AvgIpc) is 3.34. The van der Waals surface area contributed by atoms with Crippen LogP contribution in [0.15, 0.2) is 24.3 Å². The summed E-state index contributed by atoms with van der Waals surface area (Å²) in [5.41, 5.74) is 1.76. The van der Waals surface area contributed by atoms with Gasteiger partial charge in [0.15, 0.2) is 0 Å². The van der Waals surface area contributed by atoms with Gasteiger partial charge in [0.1, 0.15) is 0 Å². The van der Waals surface area contributed by atoms with E-state index in [2.05, 4.69) is 24.1 Å². The van der Waals surface area contributed by atoms with Crippen LogP contribution in [-0.4, -0.2) is 76.6 Å². The molecular formula is C25H34F3N3O4. The highest BCUT2D eigenvalue weighted by atomic mass is 19.4. The van der Waals surface area contributed by atoms with Gasteiger partial charge in [0, 0.05) is 49.2 Å². The van der Waals surface area contributed by atoms with Gasteiger partial charge in [-0.3, -0.25) is 14.5 Å². The zero-order valence-electron chi connectivity index (χ0n) is 20.4. The Morgan fingerprint density at radius 1 is 1.23 bits per heavy atom. The number of fused-ring (bicyclic) bond motifs is 2. The smallest absolute Gasteiger partial charge is 0.475 e. The number of amides is 2. The van der Waals surface area contributed by atoms with Crippen LogP contribution in [0.1, 0.15) is 55.5 Å². The number of nitrogens with one attached hydrogen (secondary N) is 1. The fourth-order valence-corrected chi connectivity index (χ4v) is 5.62. The topological polar surface area (TPSA) is 90.0 Å². The van der Waals surface area contributed by atoms with Gasteiger partial charge < -0.3 is 15.3 Å². The molecule has 0 radical (unpaired) electrons. The highest BCUT2D eigenvalue weighted by molar-refractivity contribution is 5.94. The second-order valence-electron chi connectivity index (χ2n) is 9.91. The summed E-state index contributed by atoms with van der Waals surface area (Å²) in [4.78, 5) is 39.0. The molecule has 1 aromatic rings. The number of likely N-dealkylation sites (tertiary alicyclic amines) is 2. The first-order valence-corrected chi connectivity index (χ1v) is 12.1. The molecule has 3 atom stereocenters. The molecule has 3 aliphatic rings. The minimum Gasteiger partial charge on any atom is -0.475 e. The van der Waals surface area contributed by atoms with Crippen LogP contribution in [0.4, 0.5) is 13.2 Å². The third kappa shape index (κ3) is 5.97. The van der Waals surface area contributed by atoms with E-state index in [0.717, 1.165) is 50.1 Å². The molecule has 1 unspecified atom stereocenters. The van der Waals surface area contributed by atoms with Crippen molar-refractivity contribution < 1.29 is 32.7 Å². The maximum atomic E-state index is 12.9. The van der Waals surface area contributed by atoms with Gasteiger partial charge >= 0.3 is 12.1 Å². The Morgan fingerprint density at radius 3 is 2.40 bits per heavy atom. The van der Waals surface area contributed by atoms with Crippen LogP contribution in [0.2, 0.25) is 0 Å². The molecule has 1 aromatic carbocycles. The van der Waals surface area contributed by atoms with Crippen molar-refractivity contribution in [3.8, 4) is 0 Å². The summed E-state index contributed by atoms with van der Waals surface area (Å²) in [6.45, 7) is 9.88. The summed E-state index contributed by atoms with van der Waals surface area (Å²) in [5, 5.41) is 10.5. The number of hydrogen-bond donors (Lipinski definition) is 2. The second kappa shape index (κ2) is 10.6. The van der Waals surface area contributed by atoms with Crippen molar-refractivity contribution in [1.82, 2.24) is 15.1 Å². The van der Waals surface area contributed by atoms with E-state index in [-0.39, 0.29) is 23.3 Å². The number of aliphatic carboxylic acids is 1. The third-order valence-electron chi connectivity index (χ3n) is 7.55.